The molecule has 0 saturated heterocycles. The molecule has 2 bridgehead atoms. The summed E-state index contributed by atoms with van der Waals surface area (Å²) in [6, 6.07) is 6.08. The second-order valence-corrected chi connectivity index (χ2v) is 10.3. The van der Waals surface area contributed by atoms with Crippen LogP contribution in [0, 0.1) is 5.82 Å². The highest BCUT2D eigenvalue weighted by atomic mass is 35.5. The molecule has 40 heavy (non-hydrogen) atoms. The average Bonchev–Trinajstić information content (AvgIpc) is 2.93. The summed E-state index contributed by atoms with van der Waals surface area (Å²) in [5, 5.41) is 16.0. The third-order valence-corrected chi connectivity index (χ3v) is 7.15. The second-order valence-electron chi connectivity index (χ2n) is 9.90. The lowest BCUT2D eigenvalue weighted by atomic mass is 10.1. The van der Waals surface area contributed by atoms with Crippen molar-refractivity contribution in [1.29, 1.82) is 0 Å². The minimum Gasteiger partial charge on any atom is -0.490 e. The first-order chi connectivity index (χ1) is 19.3. The number of benzene rings is 2. The van der Waals surface area contributed by atoms with E-state index in [1.165, 1.54) is 18.5 Å². The molecule has 216 valence electrons. The topological polar surface area (TPSA) is 112 Å². The van der Waals surface area contributed by atoms with Crippen molar-refractivity contribution in [3.63, 3.8) is 0 Å². The molecule has 10 nitrogen and oxygen atoms in total. The highest BCUT2D eigenvalue weighted by molar-refractivity contribution is 6.31. The Morgan fingerprint density at radius 3 is 2.90 bits per heavy atom. The molecule has 1 aliphatic heterocycles. The molecule has 0 spiro atoms. The first-order valence-electron chi connectivity index (χ1n) is 13.3. The standard InChI is InChI=1S/C28H36ClFN6O4/c1-18-28(38)31-6-4-10-39-25-13-20-24(15-26(25)40-11-5-7-35(2)8-9-37)32-17-33-27(20)34-23-14-21(29)22(30)12-19(23)16-36(18)3/h12-15,17-18,37H,4-11,16H2,1-3H3,(H,31,38)(H,32,33,34)/t18-/m1/s1. The molecular weight excluding hydrogens is 539 g/mol. The fourth-order valence-corrected chi connectivity index (χ4v) is 4.53. The Balaban J connectivity index is 1.69. The summed E-state index contributed by atoms with van der Waals surface area (Å²) in [6.07, 6.45) is 2.80. The quantitative estimate of drug-likeness (QED) is 0.365. The summed E-state index contributed by atoms with van der Waals surface area (Å²) in [6.45, 7) is 4.84. The van der Waals surface area contributed by atoms with Crippen LogP contribution in [0.1, 0.15) is 25.3 Å². The van der Waals surface area contributed by atoms with Gasteiger partial charge in [0.05, 0.1) is 36.4 Å². The molecule has 0 aliphatic carbocycles. The van der Waals surface area contributed by atoms with E-state index < -0.39 is 11.9 Å². The number of nitrogens with one attached hydrogen (secondary N) is 2. The first-order valence-corrected chi connectivity index (χ1v) is 13.7. The van der Waals surface area contributed by atoms with Gasteiger partial charge in [0.2, 0.25) is 5.91 Å². The lowest BCUT2D eigenvalue weighted by Crippen LogP contribution is -2.43. The van der Waals surface area contributed by atoms with Crippen LogP contribution in [-0.2, 0) is 11.3 Å². The van der Waals surface area contributed by atoms with E-state index in [4.69, 9.17) is 26.2 Å². The van der Waals surface area contributed by atoms with Crippen LogP contribution in [0.3, 0.4) is 0 Å². The first kappa shape index (κ1) is 29.7. The summed E-state index contributed by atoms with van der Waals surface area (Å²) < 4.78 is 26.7. The van der Waals surface area contributed by atoms with Gasteiger partial charge in [-0.15, -0.1) is 0 Å². The van der Waals surface area contributed by atoms with E-state index in [1.54, 1.807) is 6.92 Å². The molecule has 1 aromatic heterocycles. The Kier molecular flexibility index (Phi) is 10.3. The van der Waals surface area contributed by atoms with Gasteiger partial charge in [-0.25, -0.2) is 14.4 Å². The number of rotatable bonds is 7. The van der Waals surface area contributed by atoms with Gasteiger partial charge >= 0.3 is 0 Å². The number of fused-ring (bicyclic) bond motifs is 2. The van der Waals surface area contributed by atoms with Crippen LogP contribution >= 0.6 is 11.6 Å². The van der Waals surface area contributed by atoms with Gasteiger partial charge in [-0.2, -0.15) is 0 Å². The molecule has 0 fully saturated rings. The minimum atomic E-state index is -0.547. The molecule has 0 saturated carbocycles. The average molecular weight is 575 g/mol. The van der Waals surface area contributed by atoms with E-state index in [2.05, 4.69) is 20.6 Å². The predicted octanol–water partition coefficient (Wildman–Crippen LogP) is 3.58. The monoisotopic (exact) mass is 574 g/mol. The number of likely N-dealkylation sites (N-methyl/N-ethyl adjacent to an activating group) is 2. The molecule has 3 N–H and O–H groups in total. The van der Waals surface area contributed by atoms with Crippen molar-refractivity contribution < 1.29 is 23.8 Å². The smallest absolute Gasteiger partial charge is 0.237 e. The van der Waals surface area contributed by atoms with Crippen LogP contribution in [-0.4, -0.2) is 90.4 Å². The molecule has 1 atom stereocenters. The number of nitrogens with zero attached hydrogens (tertiary/aromatic N) is 4. The summed E-state index contributed by atoms with van der Waals surface area (Å²) >= 11 is 6.16. The van der Waals surface area contributed by atoms with E-state index >= 15 is 0 Å². The number of aliphatic hydroxyl groups is 1. The van der Waals surface area contributed by atoms with Crippen molar-refractivity contribution in [3.05, 3.63) is 47.0 Å². The summed E-state index contributed by atoms with van der Waals surface area (Å²) in [5.41, 5.74) is 1.82. The number of aliphatic hydroxyl groups excluding tert-OH is 1. The fourth-order valence-electron chi connectivity index (χ4n) is 4.37. The van der Waals surface area contributed by atoms with Gasteiger partial charge < -0.3 is 30.1 Å². The van der Waals surface area contributed by atoms with E-state index in [9.17, 15) is 9.18 Å². The largest absolute Gasteiger partial charge is 0.490 e. The van der Waals surface area contributed by atoms with Crippen molar-refractivity contribution in [1.82, 2.24) is 25.1 Å². The van der Waals surface area contributed by atoms with E-state index in [0.717, 1.165) is 13.0 Å². The van der Waals surface area contributed by atoms with Crippen molar-refractivity contribution in [2.45, 2.75) is 32.4 Å². The molecule has 1 aliphatic rings. The van der Waals surface area contributed by atoms with Crippen LogP contribution < -0.4 is 20.1 Å². The molecule has 3 aromatic rings. The Labute approximate surface area is 238 Å². The number of hydrogen-bond acceptors (Lipinski definition) is 9. The number of carbonyl (C=O) groups is 1. The van der Waals surface area contributed by atoms with Crippen molar-refractivity contribution in [3.8, 4) is 11.5 Å². The summed E-state index contributed by atoms with van der Waals surface area (Å²) in [5.74, 6) is 0.894. The molecule has 2 aromatic carbocycles. The van der Waals surface area contributed by atoms with Gasteiger partial charge in [-0.05, 0) is 57.6 Å². The highest BCUT2D eigenvalue weighted by Crippen LogP contribution is 2.36. The van der Waals surface area contributed by atoms with Crippen LogP contribution in [0.2, 0.25) is 5.02 Å². The van der Waals surface area contributed by atoms with Crippen LogP contribution in [0.25, 0.3) is 10.9 Å². The molecule has 2 heterocycles. The number of anilines is 2. The molecule has 4 rings (SSSR count). The molecule has 0 radical (unpaired) electrons. The summed E-state index contributed by atoms with van der Waals surface area (Å²) in [4.78, 5) is 25.5. The Morgan fingerprint density at radius 2 is 2.10 bits per heavy atom. The van der Waals surface area contributed by atoms with Crippen molar-refractivity contribution >= 4 is 39.9 Å². The van der Waals surface area contributed by atoms with Gasteiger partial charge in [0.25, 0.3) is 0 Å². The zero-order chi connectivity index (χ0) is 28.6. The third kappa shape index (κ3) is 7.48. The van der Waals surface area contributed by atoms with Gasteiger partial charge in [0.1, 0.15) is 18.0 Å². The maximum Gasteiger partial charge on any atom is 0.237 e. The second kappa shape index (κ2) is 13.9. The van der Waals surface area contributed by atoms with E-state index in [-0.39, 0.29) is 17.5 Å². The maximum atomic E-state index is 14.5. The number of ether oxygens (including phenoxy) is 2. The number of aromatic nitrogens is 2. The highest BCUT2D eigenvalue weighted by Gasteiger charge is 2.21. The van der Waals surface area contributed by atoms with Gasteiger partial charge in [-0.1, -0.05) is 11.6 Å². The van der Waals surface area contributed by atoms with Crippen molar-refractivity contribution in [2.24, 2.45) is 0 Å². The summed E-state index contributed by atoms with van der Waals surface area (Å²) in [7, 11) is 3.76. The predicted molar refractivity (Wildman–Crippen MR) is 153 cm³/mol. The van der Waals surface area contributed by atoms with Crippen LogP contribution in [0.5, 0.6) is 11.5 Å². The van der Waals surface area contributed by atoms with E-state index in [0.29, 0.717) is 78.7 Å². The molecule has 12 heteroatoms. The van der Waals surface area contributed by atoms with E-state index in [1.807, 2.05) is 36.0 Å². The third-order valence-electron chi connectivity index (χ3n) is 6.86. The van der Waals surface area contributed by atoms with Gasteiger partial charge in [-0.3, -0.25) is 9.69 Å². The van der Waals surface area contributed by atoms with Gasteiger partial charge in [0, 0.05) is 43.3 Å². The van der Waals surface area contributed by atoms with Crippen LogP contribution in [0.15, 0.2) is 30.6 Å². The lowest BCUT2D eigenvalue weighted by molar-refractivity contribution is -0.125. The fraction of sp³-hybridized carbons (Fsp3) is 0.464. The number of amides is 1. The molecule has 0 unspecified atom stereocenters. The lowest BCUT2D eigenvalue weighted by Gasteiger charge is -2.25. The van der Waals surface area contributed by atoms with Crippen LogP contribution in [0.4, 0.5) is 15.9 Å². The zero-order valence-electron chi connectivity index (χ0n) is 23.0. The SMILES string of the molecule is C[C@@H]1C(=O)NCCCOc2cc3c(ncnc3cc2OCCCN(C)CCO)Nc2cc(Cl)c(F)cc2CN1C. The number of hydrogen-bond donors (Lipinski definition) is 3. The normalized spacial score (nSPS) is 16.9. The van der Waals surface area contributed by atoms with Crippen molar-refractivity contribution in [2.75, 3.05) is 58.9 Å². The minimum absolute atomic E-state index is 0.0307. The number of carbonyl (C=O) groups excluding carboxylic acids is 1. The Morgan fingerprint density at radius 1 is 1.27 bits per heavy atom. The molecule has 1 amide bonds. The van der Waals surface area contributed by atoms with Gasteiger partial charge in [0.15, 0.2) is 11.5 Å². The number of halogens is 2. The maximum absolute atomic E-state index is 14.5. The zero-order valence-corrected chi connectivity index (χ0v) is 23.8. The Bertz CT molecular complexity index is 1330. The molecular formula is C28H36ClFN6O4. The Hall–Kier alpha value is -3.25.